The van der Waals surface area contributed by atoms with Crippen LogP contribution in [0.2, 0.25) is 0 Å². The summed E-state index contributed by atoms with van der Waals surface area (Å²) in [5.41, 5.74) is 9.33. The smallest absolute Gasteiger partial charge is 0.164 e. The van der Waals surface area contributed by atoms with Gasteiger partial charge >= 0.3 is 0 Å². The van der Waals surface area contributed by atoms with E-state index in [4.69, 9.17) is 19.4 Å². The average Bonchev–Trinajstić information content (AvgIpc) is 3.53. The van der Waals surface area contributed by atoms with Crippen LogP contribution in [0.1, 0.15) is 0 Å². The van der Waals surface area contributed by atoms with Crippen molar-refractivity contribution in [3.8, 4) is 56.4 Å². The van der Waals surface area contributed by atoms with E-state index in [0.717, 1.165) is 71.7 Å². The maximum Gasteiger partial charge on any atom is 0.164 e. The number of rotatable bonds is 5. The van der Waals surface area contributed by atoms with Gasteiger partial charge < -0.3 is 4.42 Å². The number of hydrogen-bond acceptors (Lipinski definition) is 4. The molecular formula is C43H27N3O. The molecule has 0 spiro atoms. The van der Waals surface area contributed by atoms with E-state index in [0.29, 0.717) is 17.5 Å². The summed E-state index contributed by atoms with van der Waals surface area (Å²) >= 11 is 0. The van der Waals surface area contributed by atoms with Crippen LogP contribution in [0.5, 0.6) is 0 Å². The fourth-order valence-corrected chi connectivity index (χ4v) is 6.42. The van der Waals surface area contributed by atoms with Crippen LogP contribution in [-0.2, 0) is 0 Å². The molecule has 0 saturated carbocycles. The number of nitrogens with zero attached hydrogens (tertiary/aromatic N) is 3. The third-order valence-electron chi connectivity index (χ3n) is 8.77. The van der Waals surface area contributed by atoms with Crippen molar-refractivity contribution >= 4 is 32.7 Å². The molecule has 0 aliphatic heterocycles. The van der Waals surface area contributed by atoms with Crippen LogP contribution >= 0.6 is 0 Å². The van der Waals surface area contributed by atoms with Crippen molar-refractivity contribution in [2.45, 2.75) is 0 Å². The monoisotopic (exact) mass is 601 g/mol. The topological polar surface area (TPSA) is 51.8 Å². The second-order valence-electron chi connectivity index (χ2n) is 11.6. The number of benzene rings is 7. The zero-order valence-electron chi connectivity index (χ0n) is 25.3. The Morgan fingerprint density at radius 3 is 1.47 bits per heavy atom. The van der Waals surface area contributed by atoms with Gasteiger partial charge in [0, 0.05) is 27.5 Å². The molecule has 0 amide bonds. The first-order valence-electron chi connectivity index (χ1n) is 15.7. The standard InChI is InChI=1S/C43H27N3O/c1-3-11-30(12-4-1)41-44-42(31-13-5-2-6-14-31)46-43(45-41)37-25-24-33(34-15-7-8-16-35(34)37)29-21-19-28(20-22-29)32-23-26-40-38(27-32)36-17-9-10-18-39(36)47-40/h1-27H. The maximum atomic E-state index is 6.05. The van der Waals surface area contributed by atoms with Crippen molar-refractivity contribution < 1.29 is 4.42 Å². The quantitative estimate of drug-likeness (QED) is 0.197. The average molecular weight is 602 g/mol. The van der Waals surface area contributed by atoms with E-state index in [1.54, 1.807) is 0 Å². The Hall–Kier alpha value is -6.39. The normalized spacial score (nSPS) is 11.4. The first-order valence-corrected chi connectivity index (χ1v) is 15.7. The molecule has 0 radical (unpaired) electrons. The lowest BCUT2D eigenvalue weighted by Gasteiger charge is -2.13. The van der Waals surface area contributed by atoms with Crippen LogP contribution in [-0.4, -0.2) is 15.0 Å². The number of hydrogen-bond donors (Lipinski definition) is 0. The Balaban J connectivity index is 1.13. The molecule has 47 heavy (non-hydrogen) atoms. The summed E-state index contributed by atoms with van der Waals surface area (Å²) < 4.78 is 6.05. The molecule has 0 fully saturated rings. The molecular weight excluding hydrogens is 574 g/mol. The highest BCUT2D eigenvalue weighted by Crippen LogP contribution is 2.37. The van der Waals surface area contributed by atoms with Crippen LogP contribution in [0.3, 0.4) is 0 Å². The minimum atomic E-state index is 0.651. The third kappa shape index (κ3) is 4.84. The van der Waals surface area contributed by atoms with Gasteiger partial charge in [0.2, 0.25) is 0 Å². The zero-order valence-corrected chi connectivity index (χ0v) is 25.3. The molecule has 0 aliphatic carbocycles. The fourth-order valence-electron chi connectivity index (χ4n) is 6.42. The van der Waals surface area contributed by atoms with E-state index in [-0.39, 0.29) is 0 Å². The molecule has 4 heteroatoms. The molecule has 220 valence electrons. The number of aromatic nitrogens is 3. The second-order valence-corrected chi connectivity index (χ2v) is 11.6. The summed E-state index contributed by atoms with van der Waals surface area (Å²) in [6.07, 6.45) is 0. The lowest BCUT2D eigenvalue weighted by molar-refractivity contribution is 0.669. The Labute approximate surface area is 271 Å². The number of fused-ring (bicyclic) bond motifs is 4. The lowest BCUT2D eigenvalue weighted by Crippen LogP contribution is -2.00. The fraction of sp³-hybridized carbons (Fsp3) is 0. The summed E-state index contributed by atoms with van der Waals surface area (Å²) in [6, 6.07) is 56.4. The Morgan fingerprint density at radius 1 is 0.298 bits per heavy atom. The van der Waals surface area contributed by atoms with E-state index in [1.165, 1.54) is 0 Å². The molecule has 0 unspecified atom stereocenters. The van der Waals surface area contributed by atoms with E-state index in [2.05, 4.69) is 91.0 Å². The molecule has 0 atom stereocenters. The molecule has 0 N–H and O–H groups in total. The summed E-state index contributed by atoms with van der Waals surface area (Å²) in [4.78, 5) is 14.9. The highest BCUT2D eigenvalue weighted by atomic mass is 16.3. The minimum absolute atomic E-state index is 0.651. The van der Waals surface area contributed by atoms with E-state index < -0.39 is 0 Å². The Bertz CT molecular complexity index is 2500. The van der Waals surface area contributed by atoms with E-state index in [9.17, 15) is 0 Å². The highest BCUT2D eigenvalue weighted by molar-refractivity contribution is 6.07. The molecule has 0 saturated heterocycles. The predicted molar refractivity (Wildman–Crippen MR) is 192 cm³/mol. The van der Waals surface area contributed by atoms with Gasteiger partial charge in [0.1, 0.15) is 11.2 Å². The van der Waals surface area contributed by atoms with Crippen molar-refractivity contribution in [3.05, 3.63) is 164 Å². The maximum absolute atomic E-state index is 6.05. The van der Waals surface area contributed by atoms with Gasteiger partial charge in [-0.1, -0.05) is 140 Å². The summed E-state index contributed by atoms with van der Waals surface area (Å²) in [5, 5.41) is 4.51. The van der Waals surface area contributed by atoms with Crippen molar-refractivity contribution in [1.82, 2.24) is 15.0 Å². The van der Waals surface area contributed by atoms with Crippen molar-refractivity contribution in [1.29, 1.82) is 0 Å². The molecule has 9 aromatic rings. The highest BCUT2D eigenvalue weighted by Gasteiger charge is 2.16. The van der Waals surface area contributed by atoms with Crippen LogP contribution in [0.4, 0.5) is 0 Å². The SMILES string of the molecule is c1ccc(-c2nc(-c3ccccc3)nc(-c3ccc(-c4ccc(-c5ccc6oc7ccccc7c6c5)cc4)c4ccccc34)n2)cc1. The van der Waals surface area contributed by atoms with Crippen molar-refractivity contribution in [2.24, 2.45) is 0 Å². The van der Waals surface area contributed by atoms with Gasteiger partial charge in [-0.25, -0.2) is 15.0 Å². The van der Waals surface area contributed by atoms with E-state index in [1.807, 2.05) is 72.8 Å². The first-order chi connectivity index (χ1) is 23.3. The van der Waals surface area contributed by atoms with Gasteiger partial charge in [-0.05, 0) is 57.3 Å². The lowest BCUT2D eigenvalue weighted by atomic mass is 9.93. The van der Waals surface area contributed by atoms with E-state index >= 15 is 0 Å². The molecule has 7 aromatic carbocycles. The number of para-hydroxylation sites is 1. The minimum Gasteiger partial charge on any atom is -0.456 e. The molecule has 2 heterocycles. The van der Waals surface area contributed by atoms with Crippen molar-refractivity contribution in [3.63, 3.8) is 0 Å². The van der Waals surface area contributed by atoms with Crippen LogP contribution in [0.15, 0.2) is 168 Å². The molecule has 2 aromatic heterocycles. The Kier molecular flexibility index (Phi) is 6.43. The first kappa shape index (κ1) is 27.0. The molecule has 9 rings (SSSR count). The molecule has 0 aliphatic rings. The van der Waals surface area contributed by atoms with Crippen LogP contribution in [0.25, 0.3) is 89.1 Å². The Morgan fingerprint density at radius 2 is 0.787 bits per heavy atom. The van der Waals surface area contributed by atoms with Gasteiger partial charge in [-0.15, -0.1) is 0 Å². The summed E-state index contributed by atoms with van der Waals surface area (Å²) in [5.74, 6) is 1.96. The molecule has 0 bridgehead atoms. The summed E-state index contributed by atoms with van der Waals surface area (Å²) in [6.45, 7) is 0. The third-order valence-corrected chi connectivity index (χ3v) is 8.77. The van der Waals surface area contributed by atoms with Crippen molar-refractivity contribution in [2.75, 3.05) is 0 Å². The van der Waals surface area contributed by atoms with Crippen LogP contribution < -0.4 is 0 Å². The largest absolute Gasteiger partial charge is 0.456 e. The van der Waals surface area contributed by atoms with Gasteiger partial charge in [-0.3, -0.25) is 0 Å². The second kappa shape index (κ2) is 11.2. The predicted octanol–water partition coefficient (Wildman–Crippen LogP) is 11.3. The van der Waals surface area contributed by atoms with Gasteiger partial charge in [0.15, 0.2) is 17.5 Å². The van der Waals surface area contributed by atoms with Gasteiger partial charge in [0.05, 0.1) is 0 Å². The van der Waals surface area contributed by atoms with Gasteiger partial charge in [0.25, 0.3) is 0 Å². The van der Waals surface area contributed by atoms with Crippen LogP contribution in [0, 0.1) is 0 Å². The summed E-state index contributed by atoms with van der Waals surface area (Å²) in [7, 11) is 0. The number of furan rings is 1. The van der Waals surface area contributed by atoms with Gasteiger partial charge in [-0.2, -0.15) is 0 Å². The zero-order chi connectivity index (χ0) is 31.2. The molecule has 4 nitrogen and oxygen atoms in total.